The van der Waals surface area contributed by atoms with Crippen molar-refractivity contribution in [2.24, 2.45) is 0 Å². The number of piperazine rings is 1. The van der Waals surface area contributed by atoms with Crippen molar-refractivity contribution in [3.63, 3.8) is 0 Å². The topological polar surface area (TPSA) is 66.6 Å². The SMILES string of the molecule is O=C(c1cnn2c(C(F)F)cc(-c3ccc(F)cc3)nc12)N1CCN(c2ccccn2)CC1. The standard InChI is InChI=1S/C23H19F3N6O/c24-16-6-4-15(5-7-16)18-13-19(21(25)26)32-22(29-18)17(14-28-32)23(33)31-11-9-30(10-12-31)20-3-1-2-8-27-20/h1-8,13-14,21H,9-12H2. The minimum Gasteiger partial charge on any atom is -0.353 e. The lowest BCUT2D eigenvalue weighted by atomic mass is 10.1. The van der Waals surface area contributed by atoms with Gasteiger partial charge in [0.25, 0.3) is 12.3 Å². The highest BCUT2D eigenvalue weighted by Crippen LogP contribution is 2.27. The van der Waals surface area contributed by atoms with Gasteiger partial charge in [-0.3, -0.25) is 4.79 Å². The van der Waals surface area contributed by atoms with Crippen LogP contribution >= 0.6 is 0 Å². The average molecular weight is 452 g/mol. The van der Waals surface area contributed by atoms with Gasteiger partial charge in [0, 0.05) is 37.9 Å². The van der Waals surface area contributed by atoms with Gasteiger partial charge in [-0.15, -0.1) is 0 Å². The number of rotatable bonds is 4. The summed E-state index contributed by atoms with van der Waals surface area (Å²) < 4.78 is 41.8. The Kier molecular flexibility index (Phi) is 5.41. The van der Waals surface area contributed by atoms with Crippen LogP contribution in [0.2, 0.25) is 0 Å². The Bertz CT molecular complexity index is 1290. The second-order valence-electron chi connectivity index (χ2n) is 7.63. The summed E-state index contributed by atoms with van der Waals surface area (Å²) in [5.41, 5.74) is 0.478. The summed E-state index contributed by atoms with van der Waals surface area (Å²) in [4.78, 5) is 25.8. The minimum atomic E-state index is -2.83. The third kappa shape index (κ3) is 3.99. The summed E-state index contributed by atoms with van der Waals surface area (Å²) in [6, 6.07) is 12.2. The van der Waals surface area contributed by atoms with Crippen molar-refractivity contribution in [3.05, 3.63) is 78.0 Å². The second kappa shape index (κ2) is 8.53. The fourth-order valence-corrected chi connectivity index (χ4v) is 3.91. The van der Waals surface area contributed by atoms with Crippen molar-refractivity contribution >= 4 is 17.4 Å². The molecule has 1 fully saturated rings. The molecule has 1 aliphatic rings. The van der Waals surface area contributed by atoms with Crippen molar-refractivity contribution in [1.82, 2.24) is 24.5 Å². The molecular weight excluding hydrogens is 433 g/mol. The van der Waals surface area contributed by atoms with E-state index in [1.54, 1.807) is 11.1 Å². The Morgan fingerprint density at radius 2 is 1.76 bits per heavy atom. The Morgan fingerprint density at radius 1 is 1.00 bits per heavy atom. The third-order valence-electron chi connectivity index (χ3n) is 5.63. The summed E-state index contributed by atoms with van der Waals surface area (Å²) >= 11 is 0. The number of alkyl halides is 2. The van der Waals surface area contributed by atoms with Crippen molar-refractivity contribution in [2.75, 3.05) is 31.1 Å². The molecule has 0 spiro atoms. The summed E-state index contributed by atoms with van der Waals surface area (Å²) in [6.45, 7) is 2.09. The van der Waals surface area contributed by atoms with Gasteiger partial charge in [-0.2, -0.15) is 5.10 Å². The van der Waals surface area contributed by atoms with E-state index in [2.05, 4.69) is 20.0 Å². The molecule has 0 radical (unpaired) electrons. The van der Waals surface area contributed by atoms with E-state index in [9.17, 15) is 18.0 Å². The van der Waals surface area contributed by atoms with Crippen molar-refractivity contribution in [3.8, 4) is 11.3 Å². The number of halogens is 3. The molecule has 1 aliphatic heterocycles. The van der Waals surface area contributed by atoms with Gasteiger partial charge >= 0.3 is 0 Å². The zero-order chi connectivity index (χ0) is 22.9. The van der Waals surface area contributed by atoms with Crippen LogP contribution in [0.25, 0.3) is 16.9 Å². The summed E-state index contributed by atoms with van der Waals surface area (Å²) in [7, 11) is 0. The molecule has 0 unspecified atom stereocenters. The van der Waals surface area contributed by atoms with Gasteiger partial charge < -0.3 is 9.80 Å². The van der Waals surface area contributed by atoms with Gasteiger partial charge in [-0.1, -0.05) is 6.07 Å². The number of anilines is 1. The predicted octanol–water partition coefficient (Wildman–Crippen LogP) is 3.83. The maximum atomic E-state index is 13.8. The minimum absolute atomic E-state index is 0.0456. The highest BCUT2D eigenvalue weighted by atomic mass is 19.3. The number of carbonyl (C=O) groups is 1. The molecule has 7 nitrogen and oxygen atoms in total. The summed E-state index contributed by atoms with van der Waals surface area (Å²) in [5.74, 6) is 0.0707. The van der Waals surface area contributed by atoms with E-state index in [-0.39, 0.29) is 22.8 Å². The first kappa shape index (κ1) is 20.9. The van der Waals surface area contributed by atoms with E-state index >= 15 is 0 Å². The molecule has 0 N–H and O–H groups in total. The fraction of sp³-hybridized carbons (Fsp3) is 0.217. The van der Waals surface area contributed by atoms with Crippen molar-refractivity contribution < 1.29 is 18.0 Å². The summed E-state index contributed by atoms with van der Waals surface area (Å²) in [5, 5.41) is 4.01. The Hall–Kier alpha value is -3.95. The number of fused-ring (bicyclic) bond motifs is 1. The van der Waals surface area contributed by atoms with Crippen LogP contribution in [0, 0.1) is 5.82 Å². The number of hydrogen-bond acceptors (Lipinski definition) is 5. The normalized spacial score (nSPS) is 14.3. The van der Waals surface area contributed by atoms with Gasteiger partial charge in [0.05, 0.1) is 11.9 Å². The molecule has 33 heavy (non-hydrogen) atoms. The van der Waals surface area contributed by atoms with Crippen molar-refractivity contribution in [1.29, 1.82) is 0 Å². The lowest BCUT2D eigenvalue weighted by Crippen LogP contribution is -2.49. The van der Waals surface area contributed by atoms with Gasteiger partial charge in [0.2, 0.25) is 0 Å². The first-order valence-electron chi connectivity index (χ1n) is 10.4. The van der Waals surface area contributed by atoms with Crippen LogP contribution in [0.15, 0.2) is 60.9 Å². The Morgan fingerprint density at radius 3 is 2.42 bits per heavy atom. The van der Waals surface area contributed by atoms with Crippen LogP contribution in [0.4, 0.5) is 19.0 Å². The lowest BCUT2D eigenvalue weighted by Gasteiger charge is -2.35. The van der Waals surface area contributed by atoms with Crippen LogP contribution in [0.3, 0.4) is 0 Å². The molecule has 10 heteroatoms. The Labute approximate surface area is 187 Å². The van der Waals surface area contributed by atoms with Gasteiger partial charge in [-0.25, -0.2) is 27.7 Å². The van der Waals surface area contributed by atoms with E-state index < -0.39 is 17.9 Å². The second-order valence-corrected chi connectivity index (χ2v) is 7.63. The molecule has 4 heterocycles. The highest BCUT2D eigenvalue weighted by Gasteiger charge is 2.27. The maximum Gasteiger partial charge on any atom is 0.280 e. The van der Waals surface area contributed by atoms with E-state index in [1.165, 1.54) is 36.5 Å². The number of nitrogens with zero attached hydrogens (tertiary/aromatic N) is 6. The van der Waals surface area contributed by atoms with Gasteiger partial charge in [0.15, 0.2) is 5.65 Å². The van der Waals surface area contributed by atoms with Crippen LogP contribution in [-0.4, -0.2) is 56.6 Å². The van der Waals surface area contributed by atoms with Crippen LogP contribution in [0.5, 0.6) is 0 Å². The summed E-state index contributed by atoms with van der Waals surface area (Å²) in [6.07, 6.45) is 0.159. The van der Waals surface area contributed by atoms with E-state index in [0.29, 0.717) is 31.7 Å². The molecule has 4 aromatic rings. The fourth-order valence-electron chi connectivity index (χ4n) is 3.91. The monoisotopic (exact) mass is 452 g/mol. The number of carbonyl (C=O) groups excluding carboxylic acids is 1. The largest absolute Gasteiger partial charge is 0.353 e. The quantitative estimate of drug-likeness (QED) is 0.471. The molecule has 1 saturated heterocycles. The maximum absolute atomic E-state index is 13.8. The van der Waals surface area contributed by atoms with E-state index in [0.717, 1.165) is 10.3 Å². The smallest absolute Gasteiger partial charge is 0.280 e. The third-order valence-corrected chi connectivity index (χ3v) is 5.63. The molecule has 0 aliphatic carbocycles. The number of amides is 1. The predicted molar refractivity (Wildman–Crippen MR) is 116 cm³/mol. The van der Waals surface area contributed by atoms with E-state index in [1.807, 2.05) is 18.2 Å². The molecule has 0 bridgehead atoms. The molecule has 1 aromatic carbocycles. The molecule has 0 saturated carbocycles. The first-order valence-corrected chi connectivity index (χ1v) is 10.4. The van der Waals surface area contributed by atoms with Gasteiger partial charge in [0.1, 0.15) is 22.9 Å². The molecule has 1 amide bonds. The van der Waals surface area contributed by atoms with Crippen LogP contribution in [0.1, 0.15) is 22.5 Å². The van der Waals surface area contributed by atoms with Crippen LogP contribution < -0.4 is 4.90 Å². The number of pyridine rings is 1. The molecule has 3 aromatic heterocycles. The van der Waals surface area contributed by atoms with E-state index in [4.69, 9.17) is 0 Å². The first-order chi connectivity index (χ1) is 16.0. The number of benzene rings is 1. The molecule has 168 valence electrons. The molecular formula is C23H19F3N6O. The lowest BCUT2D eigenvalue weighted by molar-refractivity contribution is 0.0748. The van der Waals surface area contributed by atoms with Crippen molar-refractivity contribution in [2.45, 2.75) is 6.43 Å². The number of hydrogen-bond donors (Lipinski definition) is 0. The zero-order valence-electron chi connectivity index (χ0n) is 17.4. The zero-order valence-corrected chi connectivity index (χ0v) is 17.4. The van der Waals surface area contributed by atoms with Crippen LogP contribution in [-0.2, 0) is 0 Å². The highest BCUT2D eigenvalue weighted by molar-refractivity contribution is 6.00. The molecule has 0 atom stereocenters. The average Bonchev–Trinajstić information content (AvgIpc) is 3.28. The van der Waals surface area contributed by atoms with Gasteiger partial charge in [-0.05, 0) is 42.5 Å². The Balaban J connectivity index is 1.45. The molecule has 5 rings (SSSR count). The number of aromatic nitrogens is 4.